The van der Waals surface area contributed by atoms with E-state index in [1.54, 1.807) is 12.1 Å². The number of benzene rings is 1. The van der Waals surface area contributed by atoms with Gasteiger partial charge in [0, 0.05) is 24.5 Å². The van der Waals surface area contributed by atoms with E-state index in [1.165, 1.54) is 0 Å². The second-order valence-corrected chi connectivity index (χ2v) is 6.66. The molecule has 21 heavy (non-hydrogen) atoms. The van der Waals surface area contributed by atoms with Crippen molar-refractivity contribution in [3.05, 3.63) is 29.6 Å². The molecule has 5 nitrogen and oxygen atoms in total. The Kier molecular flexibility index (Phi) is 3.24. The summed E-state index contributed by atoms with van der Waals surface area (Å²) in [5.41, 5.74) is 1.70. The summed E-state index contributed by atoms with van der Waals surface area (Å²) < 4.78 is 2.15. The lowest BCUT2D eigenvalue weighted by Gasteiger charge is -2.24. The first-order valence-electron chi connectivity index (χ1n) is 7.25. The number of aromatic nitrogens is 2. The van der Waals surface area contributed by atoms with E-state index in [0.717, 1.165) is 29.7 Å². The lowest BCUT2D eigenvalue weighted by atomic mass is 9.94. The number of aliphatic hydroxyl groups excluding tert-OH is 1. The summed E-state index contributed by atoms with van der Waals surface area (Å²) in [6, 6.07) is 5.07. The second kappa shape index (κ2) is 4.84. The maximum Gasteiger partial charge on any atom is 0.335 e. The van der Waals surface area contributed by atoms with Gasteiger partial charge in [0.25, 0.3) is 0 Å². The first-order chi connectivity index (χ1) is 9.91. The maximum absolute atomic E-state index is 11.1. The van der Waals surface area contributed by atoms with Crippen LogP contribution in [0, 0.1) is 5.41 Å². The molecule has 1 fully saturated rings. The van der Waals surface area contributed by atoms with Crippen LogP contribution in [0.25, 0.3) is 11.0 Å². The minimum absolute atomic E-state index is 0.101. The summed E-state index contributed by atoms with van der Waals surface area (Å²) in [7, 11) is 0. The number of aromatic carboxylic acids is 1. The Hall–Kier alpha value is -1.88. The number of aliphatic hydroxyl groups is 1. The van der Waals surface area contributed by atoms with Crippen LogP contribution in [0.2, 0.25) is 0 Å². The fourth-order valence-corrected chi connectivity index (χ4v) is 2.58. The molecule has 2 N–H and O–H groups in total. The highest BCUT2D eigenvalue weighted by Crippen LogP contribution is 2.41. The largest absolute Gasteiger partial charge is 0.478 e. The summed E-state index contributed by atoms with van der Waals surface area (Å²) in [4.78, 5) is 15.7. The van der Waals surface area contributed by atoms with Crippen molar-refractivity contribution in [3.63, 3.8) is 0 Å². The lowest BCUT2D eigenvalue weighted by molar-refractivity contribution is 0.0697. The van der Waals surface area contributed by atoms with Crippen molar-refractivity contribution in [1.29, 1.82) is 0 Å². The molecule has 1 aliphatic rings. The van der Waals surface area contributed by atoms with Gasteiger partial charge in [-0.3, -0.25) is 0 Å². The van der Waals surface area contributed by atoms with Crippen LogP contribution in [-0.4, -0.2) is 32.3 Å². The second-order valence-electron chi connectivity index (χ2n) is 6.66. The van der Waals surface area contributed by atoms with Gasteiger partial charge in [-0.2, -0.15) is 0 Å². The first kappa shape index (κ1) is 14.1. The van der Waals surface area contributed by atoms with E-state index in [4.69, 9.17) is 5.11 Å². The number of hydrogen-bond donors (Lipinski definition) is 2. The number of rotatable bonds is 5. The molecule has 3 rings (SSSR count). The number of nitrogens with zero attached hydrogens (tertiary/aromatic N) is 2. The van der Waals surface area contributed by atoms with E-state index in [0.29, 0.717) is 12.5 Å². The predicted molar refractivity (Wildman–Crippen MR) is 79.5 cm³/mol. The average molecular weight is 288 g/mol. The molecular formula is C16H20N2O3. The van der Waals surface area contributed by atoms with E-state index in [2.05, 4.69) is 9.55 Å². The van der Waals surface area contributed by atoms with Crippen molar-refractivity contribution in [1.82, 2.24) is 9.55 Å². The first-order valence-corrected chi connectivity index (χ1v) is 7.25. The molecule has 1 aliphatic carbocycles. The molecule has 0 atom stereocenters. The van der Waals surface area contributed by atoms with Crippen LogP contribution in [0.15, 0.2) is 18.2 Å². The summed E-state index contributed by atoms with van der Waals surface area (Å²) in [6.45, 7) is 4.81. The van der Waals surface area contributed by atoms with E-state index in [-0.39, 0.29) is 17.6 Å². The van der Waals surface area contributed by atoms with Crippen LogP contribution < -0.4 is 0 Å². The minimum atomic E-state index is -0.935. The third-order valence-corrected chi connectivity index (χ3v) is 3.98. The van der Waals surface area contributed by atoms with Crippen molar-refractivity contribution in [2.75, 3.05) is 6.61 Å². The van der Waals surface area contributed by atoms with Crippen molar-refractivity contribution < 1.29 is 15.0 Å². The van der Waals surface area contributed by atoms with Crippen LogP contribution in [0.3, 0.4) is 0 Å². The number of fused-ring (bicyclic) bond motifs is 1. The highest BCUT2D eigenvalue weighted by molar-refractivity contribution is 5.92. The van der Waals surface area contributed by atoms with Crippen LogP contribution in [0.4, 0.5) is 0 Å². The number of imidazole rings is 1. The monoisotopic (exact) mass is 288 g/mol. The standard InChI is InChI=1S/C16H20N2O3/c1-16(2,9-19)8-18-13-6-5-11(15(20)21)7-12(13)17-14(18)10-3-4-10/h5-7,10,19H,3-4,8-9H2,1-2H3,(H,20,21). The van der Waals surface area contributed by atoms with Crippen LogP contribution in [0.1, 0.15) is 48.8 Å². The van der Waals surface area contributed by atoms with Crippen molar-refractivity contribution in [2.45, 2.75) is 39.2 Å². The molecule has 0 unspecified atom stereocenters. The average Bonchev–Trinajstić information content (AvgIpc) is 3.22. The van der Waals surface area contributed by atoms with Gasteiger partial charge in [0.2, 0.25) is 0 Å². The van der Waals surface area contributed by atoms with E-state index in [1.807, 2.05) is 19.9 Å². The van der Waals surface area contributed by atoms with Gasteiger partial charge in [0.15, 0.2) is 0 Å². The molecular weight excluding hydrogens is 268 g/mol. The fourth-order valence-electron chi connectivity index (χ4n) is 2.58. The Balaban J connectivity index is 2.11. The Morgan fingerprint density at radius 2 is 2.14 bits per heavy atom. The van der Waals surface area contributed by atoms with Gasteiger partial charge in [-0.1, -0.05) is 13.8 Å². The van der Waals surface area contributed by atoms with Gasteiger partial charge >= 0.3 is 5.97 Å². The Bertz CT molecular complexity index is 699. The van der Waals surface area contributed by atoms with Crippen LogP contribution >= 0.6 is 0 Å². The van der Waals surface area contributed by atoms with Gasteiger partial charge in [0.05, 0.1) is 16.6 Å². The molecule has 5 heteroatoms. The highest BCUT2D eigenvalue weighted by atomic mass is 16.4. The summed E-state index contributed by atoms with van der Waals surface area (Å²) >= 11 is 0. The number of carboxylic acid groups (broad SMARTS) is 1. The molecule has 112 valence electrons. The summed E-state index contributed by atoms with van der Waals surface area (Å²) in [5.74, 6) is 0.560. The molecule has 2 aromatic rings. The Labute approximate surface area is 123 Å². The van der Waals surface area contributed by atoms with Gasteiger partial charge in [-0.25, -0.2) is 9.78 Å². The molecule has 0 bridgehead atoms. The Morgan fingerprint density at radius 1 is 1.43 bits per heavy atom. The normalized spacial score (nSPS) is 15.6. The van der Waals surface area contributed by atoms with Crippen molar-refractivity contribution in [2.24, 2.45) is 5.41 Å². The van der Waals surface area contributed by atoms with Crippen molar-refractivity contribution in [3.8, 4) is 0 Å². The van der Waals surface area contributed by atoms with Crippen LogP contribution in [-0.2, 0) is 6.54 Å². The highest BCUT2D eigenvalue weighted by Gasteiger charge is 2.31. The van der Waals surface area contributed by atoms with Crippen LogP contribution in [0.5, 0.6) is 0 Å². The zero-order valence-corrected chi connectivity index (χ0v) is 12.3. The molecule has 0 spiro atoms. The molecule has 1 aromatic heterocycles. The fraction of sp³-hybridized carbons (Fsp3) is 0.500. The number of carbonyl (C=O) groups is 1. The molecule has 0 radical (unpaired) electrons. The maximum atomic E-state index is 11.1. The number of carboxylic acids is 1. The molecule has 0 saturated heterocycles. The number of hydrogen-bond acceptors (Lipinski definition) is 3. The zero-order valence-electron chi connectivity index (χ0n) is 12.3. The Morgan fingerprint density at radius 3 is 2.71 bits per heavy atom. The van der Waals surface area contributed by atoms with Gasteiger partial charge < -0.3 is 14.8 Å². The minimum Gasteiger partial charge on any atom is -0.478 e. The zero-order chi connectivity index (χ0) is 15.2. The SMILES string of the molecule is CC(C)(CO)Cn1c(C2CC2)nc2cc(C(=O)O)ccc21. The molecule has 1 aromatic carbocycles. The quantitative estimate of drug-likeness (QED) is 0.887. The van der Waals surface area contributed by atoms with Gasteiger partial charge in [0.1, 0.15) is 5.82 Å². The van der Waals surface area contributed by atoms with E-state index < -0.39 is 5.97 Å². The summed E-state index contributed by atoms with van der Waals surface area (Å²) in [5, 5.41) is 18.6. The lowest BCUT2D eigenvalue weighted by Crippen LogP contribution is -2.24. The summed E-state index contributed by atoms with van der Waals surface area (Å²) in [6.07, 6.45) is 2.27. The smallest absolute Gasteiger partial charge is 0.335 e. The van der Waals surface area contributed by atoms with Gasteiger partial charge in [-0.15, -0.1) is 0 Å². The molecule has 1 saturated carbocycles. The van der Waals surface area contributed by atoms with Gasteiger partial charge in [-0.05, 0) is 31.0 Å². The molecule has 1 heterocycles. The van der Waals surface area contributed by atoms with E-state index >= 15 is 0 Å². The molecule has 0 aliphatic heterocycles. The molecule has 0 amide bonds. The van der Waals surface area contributed by atoms with E-state index in [9.17, 15) is 9.90 Å². The third-order valence-electron chi connectivity index (χ3n) is 3.98. The van der Waals surface area contributed by atoms with Crippen molar-refractivity contribution >= 4 is 17.0 Å². The topological polar surface area (TPSA) is 75.3 Å². The third kappa shape index (κ3) is 2.65. The predicted octanol–water partition coefficient (Wildman–Crippen LogP) is 2.63.